The molecule has 1 aromatic carbocycles. The number of primary amides is 2. The number of carbonyl (C=O) groups is 3. The SMILES string of the molecule is CC(Cc1ccc(C(F)(F)F)cc1)NC(=O)NC(C(N)=O)C(N)=O. The molecule has 4 amide bonds. The zero-order chi connectivity index (χ0) is 18.5. The Kier molecular flexibility index (Phi) is 6.15. The maximum Gasteiger partial charge on any atom is 0.416 e. The summed E-state index contributed by atoms with van der Waals surface area (Å²) in [6.45, 7) is 1.60. The molecule has 1 rings (SSSR count). The molecule has 6 N–H and O–H groups in total. The van der Waals surface area contributed by atoms with Gasteiger partial charge in [-0.25, -0.2) is 4.79 Å². The van der Waals surface area contributed by atoms with Crippen LogP contribution in [-0.4, -0.2) is 29.9 Å². The third kappa shape index (κ3) is 5.78. The van der Waals surface area contributed by atoms with Crippen molar-refractivity contribution in [2.75, 3.05) is 0 Å². The zero-order valence-corrected chi connectivity index (χ0v) is 12.7. The van der Waals surface area contributed by atoms with Gasteiger partial charge in [-0.15, -0.1) is 0 Å². The van der Waals surface area contributed by atoms with Crippen molar-refractivity contribution in [1.29, 1.82) is 0 Å². The maximum absolute atomic E-state index is 12.5. The van der Waals surface area contributed by atoms with Crippen molar-refractivity contribution in [2.24, 2.45) is 11.5 Å². The summed E-state index contributed by atoms with van der Waals surface area (Å²) in [5.74, 6) is -2.21. The van der Waals surface area contributed by atoms with E-state index in [0.717, 1.165) is 12.1 Å². The summed E-state index contributed by atoms with van der Waals surface area (Å²) in [4.78, 5) is 33.6. The number of nitrogens with two attached hydrogens (primary N) is 2. The van der Waals surface area contributed by atoms with Gasteiger partial charge in [-0.2, -0.15) is 13.2 Å². The largest absolute Gasteiger partial charge is 0.416 e. The van der Waals surface area contributed by atoms with E-state index in [9.17, 15) is 27.6 Å². The Morgan fingerprint density at radius 2 is 1.54 bits per heavy atom. The number of rotatable bonds is 6. The number of urea groups is 1. The van der Waals surface area contributed by atoms with Crippen LogP contribution in [0.2, 0.25) is 0 Å². The van der Waals surface area contributed by atoms with Gasteiger partial charge in [-0.1, -0.05) is 12.1 Å². The molecule has 24 heavy (non-hydrogen) atoms. The van der Waals surface area contributed by atoms with Gasteiger partial charge in [0.15, 0.2) is 6.04 Å². The van der Waals surface area contributed by atoms with E-state index in [1.165, 1.54) is 12.1 Å². The van der Waals surface area contributed by atoms with Crippen LogP contribution in [0.15, 0.2) is 24.3 Å². The van der Waals surface area contributed by atoms with Crippen LogP contribution in [0.4, 0.5) is 18.0 Å². The highest BCUT2D eigenvalue weighted by Gasteiger charge is 2.30. The van der Waals surface area contributed by atoms with Gasteiger partial charge in [0.05, 0.1) is 5.56 Å². The minimum atomic E-state index is -4.42. The fourth-order valence-electron chi connectivity index (χ4n) is 1.91. The monoisotopic (exact) mass is 346 g/mol. The van der Waals surface area contributed by atoms with Crippen LogP contribution in [-0.2, 0) is 22.2 Å². The molecule has 132 valence electrons. The summed E-state index contributed by atoms with van der Waals surface area (Å²) >= 11 is 0. The lowest BCUT2D eigenvalue weighted by Gasteiger charge is -2.17. The van der Waals surface area contributed by atoms with Crippen LogP contribution < -0.4 is 22.1 Å². The summed E-state index contributed by atoms with van der Waals surface area (Å²) in [6, 6.07) is 1.50. The van der Waals surface area contributed by atoms with Crippen molar-refractivity contribution in [1.82, 2.24) is 10.6 Å². The fourth-order valence-corrected chi connectivity index (χ4v) is 1.91. The van der Waals surface area contributed by atoms with Crippen LogP contribution >= 0.6 is 0 Å². The molecule has 0 aliphatic rings. The number of nitrogens with one attached hydrogen (secondary N) is 2. The highest BCUT2D eigenvalue weighted by Crippen LogP contribution is 2.29. The second-order valence-corrected chi connectivity index (χ2v) is 5.16. The van der Waals surface area contributed by atoms with Gasteiger partial charge in [-0.05, 0) is 31.0 Å². The normalized spacial score (nSPS) is 12.5. The van der Waals surface area contributed by atoms with E-state index in [2.05, 4.69) is 5.32 Å². The molecule has 1 aromatic rings. The molecule has 0 aliphatic carbocycles. The highest BCUT2D eigenvalue weighted by atomic mass is 19.4. The molecule has 1 unspecified atom stereocenters. The van der Waals surface area contributed by atoms with E-state index in [1.54, 1.807) is 6.92 Å². The molecule has 0 aromatic heterocycles. The third-order valence-corrected chi connectivity index (χ3v) is 3.05. The molecule has 0 saturated heterocycles. The standard InChI is InChI=1S/C14H17F3N4O3/c1-7(20-13(24)21-10(11(18)22)12(19)23)6-8-2-4-9(5-3-8)14(15,16)17/h2-5,7,10H,6H2,1H3,(H2,18,22)(H2,19,23)(H2,20,21,24). The first-order valence-electron chi connectivity index (χ1n) is 6.82. The number of hydrogen-bond acceptors (Lipinski definition) is 3. The van der Waals surface area contributed by atoms with Crippen LogP contribution in [0.1, 0.15) is 18.1 Å². The molecule has 0 fully saturated rings. The molecule has 10 heteroatoms. The predicted molar refractivity (Wildman–Crippen MR) is 78.5 cm³/mol. The Bertz CT molecular complexity index is 603. The van der Waals surface area contributed by atoms with Gasteiger partial charge in [-0.3, -0.25) is 9.59 Å². The zero-order valence-electron chi connectivity index (χ0n) is 12.7. The third-order valence-electron chi connectivity index (χ3n) is 3.05. The summed E-state index contributed by atoms with van der Waals surface area (Å²) in [6.07, 6.45) is -4.18. The molecule has 0 heterocycles. The second-order valence-electron chi connectivity index (χ2n) is 5.16. The molecular formula is C14H17F3N4O3. The molecule has 0 radical (unpaired) electrons. The van der Waals surface area contributed by atoms with E-state index in [0.29, 0.717) is 5.56 Å². The van der Waals surface area contributed by atoms with Crippen molar-refractivity contribution in [2.45, 2.75) is 31.6 Å². The van der Waals surface area contributed by atoms with E-state index in [1.807, 2.05) is 5.32 Å². The van der Waals surface area contributed by atoms with E-state index >= 15 is 0 Å². The minimum Gasteiger partial charge on any atom is -0.367 e. The lowest BCUT2D eigenvalue weighted by atomic mass is 10.1. The Labute approximate surface area is 135 Å². The average molecular weight is 346 g/mol. The van der Waals surface area contributed by atoms with E-state index in [4.69, 9.17) is 11.5 Å². The van der Waals surface area contributed by atoms with Gasteiger partial charge >= 0.3 is 12.2 Å². The Balaban J connectivity index is 2.59. The minimum absolute atomic E-state index is 0.239. The maximum atomic E-state index is 12.5. The lowest BCUT2D eigenvalue weighted by Crippen LogP contribution is -2.56. The van der Waals surface area contributed by atoms with Gasteiger partial charge in [0, 0.05) is 6.04 Å². The summed E-state index contributed by atoms with van der Waals surface area (Å²) in [7, 11) is 0. The number of alkyl halides is 3. The van der Waals surface area contributed by atoms with Crippen molar-refractivity contribution in [3.8, 4) is 0 Å². The van der Waals surface area contributed by atoms with Gasteiger partial charge < -0.3 is 22.1 Å². The summed E-state index contributed by atoms with van der Waals surface area (Å²) < 4.78 is 37.4. The lowest BCUT2D eigenvalue weighted by molar-refractivity contribution is -0.137. The summed E-state index contributed by atoms with van der Waals surface area (Å²) in [5, 5.41) is 4.44. The van der Waals surface area contributed by atoms with Crippen LogP contribution in [0.25, 0.3) is 0 Å². The first-order chi connectivity index (χ1) is 11.0. The number of hydrogen-bond donors (Lipinski definition) is 4. The van der Waals surface area contributed by atoms with Gasteiger partial charge in [0.25, 0.3) is 0 Å². The van der Waals surface area contributed by atoms with Crippen LogP contribution in [0.3, 0.4) is 0 Å². The number of benzene rings is 1. The molecule has 0 bridgehead atoms. The van der Waals surface area contributed by atoms with Crippen molar-refractivity contribution in [3.63, 3.8) is 0 Å². The molecule has 1 atom stereocenters. The summed E-state index contributed by atoms with van der Waals surface area (Å²) in [5.41, 5.74) is 9.63. The topological polar surface area (TPSA) is 127 Å². The molecular weight excluding hydrogens is 329 g/mol. The number of halogens is 3. The van der Waals surface area contributed by atoms with Crippen LogP contribution in [0, 0.1) is 0 Å². The Morgan fingerprint density at radius 3 is 1.96 bits per heavy atom. The number of amides is 4. The Hall–Kier alpha value is -2.78. The van der Waals surface area contributed by atoms with Crippen LogP contribution in [0.5, 0.6) is 0 Å². The predicted octanol–water partition coefficient (Wildman–Crippen LogP) is 0.275. The average Bonchev–Trinajstić information content (AvgIpc) is 2.43. The quantitative estimate of drug-likeness (QED) is 0.552. The molecule has 7 nitrogen and oxygen atoms in total. The molecule has 0 saturated carbocycles. The highest BCUT2D eigenvalue weighted by molar-refractivity contribution is 6.05. The Morgan fingerprint density at radius 1 is 1.04 bits per heavy atom. The molecule has 0 aliphatic heterocycles. The first-order valence-corrected chi connectivity index (χ1v) is 6.82. The van der Waals surface area contributed by atoms with Crippen molar-refractivity contribution >= 4 is 17.8 Å². The molecule has 0 spiro atoms. The van der Waals surface area contributed by atoms with Crippen molar-refractivity contribution in [3.05, 3.63) is 35.4 Å². The van der Waals surface area contributed by atoms with Crippen molar-refractivity contribution < 1.29 is 27.6 Å². The van der Waals surface area contributed by atoms with E-state index in [-0.39, 0.29) is 6.42 Å². The number of carbonyl (C=O) groups excluding carboxylic acids is 3. The fraction of sp³-hybridized carbons (Fsp3) is 0.357. The van der Waals surface area contributed by atoms with E-state index < -0.39 is 41.7 Å². The smallest absolute Gasteiger partial charge is 0.367 e. The van der Waals surface area contributed by atoms with Gasteiger partial charge in [0.1, 0.15) is 0 Å². The first kappa shape index (κ1) is 19.3. The second kappa shape index (κ2) is 7.66. The van der Waals surface area contributed by atoms with Gasteiger partial charge in [0.2, 0.25) is 11.8 Å².